The molecule has 1 atom stereocenters. The quantitative estimate of drug-likeness (QED) is 0.423. The number of anilines is 1. The topological polar surface area (TPSA) is 62.6 Å². The van der Waals surface area contributed by atoms with Gasteiger partial charge in [0.2, 0.25) is 0 Å². The summed E-state index contributed by atoms with van der Waals surface area (Å²) in [4.78, 5) is 13.5. The third kappa shape index (κ3) is 5.07. The fourth-order valence-corrected chi connectivity index (χ4v) is 2.68. The Hall–Kier alpha value is 0.132. The van der Waals surface area contributed by atoms with Crippen LogP contribution < -0.4 is 4.90 Å². The van der Waals surface area contributed by atoms with Crippen molar-refractivity contribution in [3.05, 3.63) is 29.7 Å². The molecule has 0 aliphatic carbocycles. The van der Waals surface area contributed by atoms with Crippen molar-refractivity contribution in [1.29, 1.82) is 0 Å². The van der Waals surface area contributed by atoms with Crippen LogP contribution in [0, 0.1) is 49.9 Å². The number of hydrogen-bond donors (Lipinski definition) is 0. The molecule has 1 aliphatic heterocycles. The van der Waals surface area contributed by atoms with E-state index in [1.54, 1.807) is 19.2 Å². The Balaban J connectivity index is 0.00000220. The molecule has 0 spiro atoms. The van der Waals surface area contributed by atoms with Crippen LogP contribution in [0.3, 0.4) is 0 Å². The second kappa shape index (κ2) is 9.31. The number of halogens is 1. The van der Waals surface area contributed by atoms with Gasteiger partial charge in [-0.3, -0.25) is 4.90 Å². The van der Waals surface area contributed by atoms with Gasteiger partial charge in [0.15, 0.2) is 0 Å². The van der Waals surface area contributed by atoms with Crippen LogP contribution in [0.15, 0.2) is 23.1 Å². The number of rotatable bonds is 6. The van der Waals surface area contributed by atoms with Gasteiger partial charge in [0.05, 0.1) is 18.8 Å². The number of ether oxygens (including phenoxy) is 2. The first kappa shape index (κ1) is 19.2. The molecule has 1 aliphatic rings. The van der Waals surface area contributed by atoms with Crippen molar-refractivity contribution in [1.82, 2.24) is 0 Å². The average molecular weight is 526 g/mol. The van der Waals surface area contributed by atoms with Crippen LogP contribution in [0.1, 0.15) is 0 Å². The molecule has 5 nitrogen and oxygen atoms in total. The number of nitrogens with one attached hydrogen (secondary N) is 1. The summed E-state index contributed by atoms with van der Waals surface area (Å²) in [5.41, 5.74) is 7.68. The molecule has 0 aromatic heterocycles. The van der Waals surface area contributed by atoms with E-state index in [9.17, 15) is 9.18 Å². The molecule has 1 fully saturated rings. The average Bonchev–Trinajstić information content (AvgIpc) is 2.82. The summed E-state index contributed by atoms with van der Waals surface area (Å²) in [5.74, 6) is 0.296. The predicted octanol–water partition coefficient (Wildman–Crippen LogP) is 2.94. The first-order chi connectivity index (χ1) is 9.65. The standard InChI is InChI=1S/C13H16FN2O3S.Ac/c1-18-4-5-20-12-3-2-9(6-11(12)14)16-8-10(7-15)19-13(16)17;/h2-3,6,10,15H,4-5,7-8H2,1H3;/q-1;/t10-;/m0./s1. The SMILES string of the molecule is COCCSc1ccc(N2C[C@H](C[NH-])OC2=O)cc1F.[Ac]. The van der Waals surface area contributed by atoms with Gasteiger partial charge >= 0.3 is 6.09 Å². The van der Waals surface area contributed by atoms with Crippen molar-refractivity contribution in [2.24, 2.45) is 0 Å². The molecule has 0 unspecified atom stereocenters. The van der Waals surface area contributed by atoms with Gasteiger partial charge in [-0.2, -0.15) is 0 Å². The zero-order valence-electron chi connectivity index (χ0n) is 11.7. The van der Waals surface area contributed by atoms with Crippen molar-refractivity contribution >= 4 is 23.5 Å². The van der Waals surface area contributed by atoms with Gasteiger partial charge in [-0.15, -0.1) is 18.3 Å². The van der Waals surface area contributed by atoms with E-state index < -0.39 is 12.2 Å². The molecule has 1 N–H and O–H groups in total. The number of carbonyl (C=O) groups is 1. The largest absolute Gasteiger partial charge is 0.674 e. The fourth-order valence-electron chi connectivity index (χ4n) is 1.85. The summed E-state index contributed by atoms with van der Waals surface area (Å²) in [5, 5.41) is 0. The second-order valence-corrected chi connectivity index (χ2v) is 5.41. The molecule has 8 heteroatoms. The summed E-state index contributed by atoms with van der Waals surface area (Å²) in [6.45, 7) is 0.850. The molecule has 0 bridgehead atoms. The smallest absolute Gasteiger partial charge is 0.414 e. The number of carbonyl (C=O) groups excluding carboxylic acids is 1. The summed E-state index contributed by atoms with van der Waals surface area (Å²) < 4.78 is 23.9. The molecule has 2 rings (SSSR count). The van der Waals surface area contributed by atoms with E-state index in [4.69, 9.17) is 15.2 Å². The summed E-state index contributed by atoms with van der Waals surface area (Å²) in [7, 11) is 1.60. The van der Waals surface area contributed by atoms with E-state index in [1.807, 2.05) is 0 Å². The van der Waals surface area contributed by atoms with Gasteiger partial charge in [-0.1, -0.05) is 0 Å². The Bertz CT molecular complexity index is 492. The van der Waals surface area contributed by atoms with Crippen molar-refractivity contribution in [3.8, 4) is 0 Å². The van der Waals surface area contributed by atoms with E-state index >= 15 is 0 Å². The summed E-state index contributed by atoms with van der Waals surface area (Å²) in [6, 6.07) is 4.65. The maximum Gasteiger partial charge on any atom is 0.414 e. The van der Waals surface area contributed by atoms with Crippen LogP contribution in [-0.4, -0.2) is 44.8 Å². The summed E-state index contributed by atoms with van der Waals surface area (Å²) >= 11 is 1.36. The number of nitrogens with zero attached hydrogens (tertiary/aromatic N) is 1. The van der Waals surface area contributed by atoms with Gasteiger partial charge in [-0.25, -0.2) is 9.18 Å². The number of amides is 1. The molecule has 113 valence electrons. The Morgan fingerprint density at radius 3 is 2.90 bits per heavy atom. The molecule has 1 aromatic carbocycles. The van der Waals surface area contributed by atoms with E-state index in [-0.39, 0.29) is 63.0 Å². The molecule has 1 aromatic rings. The maximum atomic E-state index is 14.0. The molecule has 21 heavy (non-hydrogen) atoms. The fraction of sp³-hybridized carbons (Fsp3) is 0.462. The van der Waals surface area contributed by atoms with Crippen molar-refractivity contribution < 1.29 is 62.7 Å². The van der Waals surface area contributed by atoms with Crippen LogP contribution in [0.4, 0.5) is 14.9 Å². The minimum Gasteiger partial charge on any atom is -0.674 e. The summed E-state index contributed by atoms with van der Waals surface area (Å²) in [6.07, 6.45) is -0.970. The van der Waals surface area contributed by atoms with Crippen molar-refractivity contribution in [2.45, 2.75) is 11.0 Å². The number of thioether (sulfide) groups is 1. The minimum atomic E-state index is -0.526. The zero-order valence-corrected chi connectivity index (χ0v) is 17.2. The van der Waals surface area contributed by atoms with Crippen molar-refractivity contribution in [3.63, 3.8) is 0 Å². The van der Waals surface area contributed by atoms with E-state index in [0.29, 0.717) is 22.9 Å². The van der Waals surface area contributed by atoms with Gasteiger partial charge in [0.25, 0.3) is 0 Å². The Labute approximate surface area is 163 Å². The Morgan fingerprint density at radius 1 is 1.57 bits per heavy atom. The Morgan fingerprint density at radius 2 is 2.33 bits per heavy atom. The van der Waals surface area contributed by atoms with Gasteiger partial charge in [0, 0.05) is 61.8 Å². The first-order valence-corrected chi connectivity index (χ1v) is 7.18. The van der Waals surface area contributed by atoms with E-state index in [1.165, 1.54) is 22.7 Å². The van der Waals surface area contributed by atoms with Gasteiger partial charge < -0.3 is 15.2 Å². The molecule has 0 saturated carbocycles. The normalized spacial score (nSPS) is 17.6. The third-order valence-corrected chi connectivity index (χ3v) is 3.89. The Kier molecular flexibility index (Phi) is 8.50. The van der Waals surface area contributed by atoms with Crippen LogP contribution in [0.2, 0.25) is 0 Å². The number of benzene rings is 1. The second-order valence-electron chi connectivity index (χ2n) is 4.28. The molecule has 1 saturated heterocycles. The number of hydrogen-bond acceptors (Lipinski definition) is 4. The molecule has 1 radical (unpaired) electrons. The van der Waals surface area contributed by atoms with Gasteiger partial charge in [0.1, 0.15) is 11.9 Å². The van der Waals surface area contributed by atoms with E-state index in [2.05, 4.69) is 0 Å². The van der Waals surface area contributed by atoms with Crippen LogP contribution >= 0.6 is 11.8 Å². The predicted molar refractivity (Wildman–Crippen MR) is 75.8 cm³/mol. The molecular formula is C13H16AcFN2O3S-. The van der Waals surface area contributed by atoms with Crippen molar-refractivity contribution in [2.75, 3.05) is 37.5 Å². The van der Waals surface area contributed by atoms with Crippen LogP contribution in [-0.2, 0) is 9.47 Å². The minimum absolute atomic E-state index is 0. The molecule has 1 heterocycles. The number of methoxy groups -OCH3 is 1. The molecule has 1 amide bonds. The first-order valence-electron chi connectivity index (χ1n) is 6.19. The van der Waals surface area contributed by atoms with Crippen LogP contribution in [0.25, 0.3) is 5.73 Å². The zero-order chi connectivity index (χ0) is 14.5. The molecular weight excluding hydrogens is 510 g/mol. The van der Waals surface area contributed by atoms with Gasteiger partial charge in [-0.05, 0) is 18.2 Å². The van der Waals surface area contributed by atoms with Crippen LogP contribution in [0.5, 0.6) is 0 Å². The third-order valence-electron chi connectivity index (χ3n) is 2.87. The monoisotopic (exact) mass is 526 g/mol. The maximum absolute atomic E-state index is 14.0. The van der Waals surface area contributed by atoms with E-state index in [0.717, 1.165) is 0 Å². The number of cyclic esters (lactones) is 1.